The third kappa shape index (κ3) is 7.06. The average molecular weight is 465 g/mol. The van der Waals surface area contributed by atoms with Gasteiger partial charge in [-0.25, -0.2) is 4.79 Å². The third-order valence-electron chi connectivity index (χ3n) is 4.27. The van der Waals surface area contributed by atoms with Gasteiger partial charge in [0.2, 0.25) is 0 Å². The number of aromatic amines is 1. The topological polar surface area (TPSA) is 95.0 Å². The Bertz CT molecular complexity index is 924. The maximum absolute atomic E-state index is 13.1. The maximum atomic E-state index is 13.1. The summed E-state index contributed by atoms with van der Waals surface area (Å²) in [6.07, 6.45) is -1.98. The minimum Gasteiger partial charge on any atom is -0.456 e. The van der Waals surface area contributed by atoms with Crippen LogP contribution >= 0.6 is 12.2 Å². The first kappa shape index (κ1) is 24.9. The minimum atomic E-state index is -4.94. The van der Waals surface area contributed by atoms with Gasteiger partial charge in [0.1, 0.15) is 37.7 Å². The zero-order valence-corrected chi connectivity index (χ0v) is 17.6. The highest BCUT2D eigenvalue weighted by Crippen LogP contribution is 2.32. The van der Waals surface area contributed by atoms with Crippen LogP contribution in [0.5, 0.6) is 0 Å². The summed E-state index contributed by atoms with van der Waals surface area (Å²) in [5.41, 5.74) is -4.11. The van der Waals surface area contributed by atoms with Crippen molar-refractivity contribution in [1.82, 2.24) is 14.5 Å². The van der Waals surface area contributed by atoms with Crippen LogP contribution in [0, 0.1) is 12.3 Å². The Labute approximate surface area is 181 Å². The van der Waals surface area contributed by atoms with Gasteiger partial charge < -0.3 is 23.8 Å². The van der Waals surface area contributed by atoms with E-state index in [-0.39, 0.29) is 24.9 Å². The number of hydrogen-bond donors (Lipinski definition) is 1. The molecule has 2 rings (SSSR count). The number of thiocarbonyl (C=S) groups is 1. The van der Waals surface area contributed by atoms with Gasteiger partial charge in [-0.15, -0.1) is 6.42 Å². The van der Waals surface area contributed by atoms with Gasteiger partial charge in [0, 0.05) is 31.4 Å². The van der Waals surface area contributed by atoms with Crippen molar-refractivity contribution in [1.29, 1.82) is 0 Å². The molecule has 1 aromatic heterocycles. The lowest BCUT2D eigenvalue weighted by Gasteiger charge is -2.19. The zero-order valence-electron chi connectivity index (χ0n) is 16.8. The monoisotopic (exact) mass is 465 g/mol. The summed E-state index contributed by atoms with van der Waals surface area (Å²) in [6, 6.07) is 0. The summed E-state index contributed by atoms with van der Waals surface area (Å²) >= 11 is 4.97. The van der Waals surface area contributed by atoms with Crippen LogP contribution in [0.2, 0.25) is 0 Å². The van der Waals surface area contributed by atoms with Crippen LogP contribution < -0.4 is 11.2 Å². The summed E-state index contributed by atoms with van der Waals surface area (Å²) in [4.78, 5) is 27.1. The van der Waals surface area contributed by atoms with E-state index in [9.17, 15) is 22.8 Å². The Morgan fingerprint density at radius 2 is 2.13 bits per heavy atom. The zero-order chi connectivity index (χ0) is 23.2. The summed E-state index contributed by atoms with van der Waals surface area (Å²) in [6.45, 7) is 0.673. The van der Waals surface area contributed by atoms with E-state index in [4.69, 9.17) is 37.6 Å². The lowest BCUT2D eigenvalue weighted by atomic mass is 10.2. The van der Waals surface area contributed by atoms with Crippen molar-refractivity contribution in [2.75, 3.05) is 40.5 Å². The molecule has 1 aliphatic heterocycles. The largest absolute Gasteiger partial charge is 0.456 e. The van der Waals surface area contributed by atoms with Gasteiger partial charge in [0.25, 0.3) is 5.56 Å². The number of terminal acetylenes is 1. The molecule has 0 spiro atoms. The van der Waals surface area contributed by atoms with Crippen LogP contribution in [0.4, 0.5) is 13.2 Å². The lowest BCUT2D eigenvalue weighted by molar-refractivity contribution is -0.139. The quantitative estimate of drug-likeness (QED) is 0.444. The Kier molecular flexibility index (Phi) is 8.63. The highest BCUT2D eigenvalue weighted by atomic mass is 32.1. The maximum Gasteiger partial charge on any atom is 0.423 e. The van der Waals surface area contributed by atoms with Gasteiger partial charge in [-0.2, -0.15) is 13.2 Å². The molecule has 1 aromatic rings. The molecule has 172 valence electrons. The minimum absolute atomic E-state index is 0.00674. The van der Waals surface area contributed by atoms with Crippen molar-refractivity contribution >= 4 is 17.5 Å². The fourth-order valence-corrected chi connectivity index (χ4v) is 2.91. The molecule has 1 saturated heterocycles. The van der Waals surface area contributed by atoms with Crippen molar-refractivity contribution < 1.29 is 32.1 Å². The van der Waals surface area contributed by atoms with E-state index in [2.05, 4.69) is 5.92 Å². The second kappa shape index (κ2) is 10.8. The Balaban J connectivity index is 2.12. The third-order valence-corrected chi connectivity index (χ3v) is 4.50. The molecule has 9 nitrogen and oxygen atoms in total. The lowest BCUT2D eigenvalue weighted by Crippen LogP contribution is -2.36. The van der Waals surface area contributed by atoms with Crippen molar-refractivity contribution in [2.45, 2.75) is 31.0 Å². The Hall–Kier alpha value is -2.40. The molecule has 0 bridgehead atoms. The highest BCUT2D eigenvalue weighted by Gasteiger charge is 2.40. The van der Waals surface area contributed by atoms with Crippen LogP contribution in [0.25, 0.3) is 0 Å². The van der Waals surface area contributed by atoms with Crippen LogP contribution in [-0.4, -0.2) is 72.4 Å². The molecule has 1 aliphatic rings. The smallest absolute Gasteiger partial charge is 0.423 e. The van der Waals surface area contributed by atoms with Crippen LogP contribution in [0.1, 0.15) is 18.2 Å². The summed E-state index contributed by atoms with van der Waals surface area (Å²) in [5, 5.41) is -0.134. The molecule has 0 aromatic carbocycles. The number of aromatic nitrogens is 2. The van der Waals surface area contributed by atoms with Gasteiger partial charge in [0.15, 0.2) is 0 Å². The Morgan fingerprint density at radius 3 is 2.74 bits per heavy atom. The average Bonchev–Trinajstić information content (AvgIpc) is 3.06. The van der Waals surface area contributed by atoms with Gasteiger partial charge in [-0.3, -0.25) is 14.3 Å². The summed E-state index contributed by atoms with van der Waals surface area (Å²) < 4.78 is 61.6. The van der Waals surface area contributed by atoms with Crippen LogP contribution in [0.15, 0.2) is 15.8 Å². The molecular formula is C18H22F3N3O6S. The molecule has 0 aliphatic carbocycles. The molecule has 0 amide bonds. The number of nitrogens with one attached hydrogen (secondary N) is 1. The molecule has 0 unspecified atom stereocenters. The van der Waals surface area contributed by atoms with Gasteiger partial charge in [-0.05, 0) is 14.1 Å². The number of likely N-dealkylation sites (N-methyl/N-ethyl adjacent to an activating group) is 1. The van der Waals surface area contributed by atoms with Gasteiger partial charge in [0.05, 0.1) is 6.10 Å². The normalized spacial score (nSPS) is 21.1. The molecular weight excluding hydrogens is 443 g/mol. The van der Waals surface area contributed by atoms with E-state index in [0.717, 1.165) is 0 Å². The number of nitrogens with zero attached hydrogens (tertiary/aromatic N) is 2. The predicted octanol–water partition coefficient (Wildman–Crippen LogP) is 0.741. The van der Waals surface area contributed by atoms with E-state index in [1.165, 1.54) is 0 Å². The molecule has 0 radical (unpaired) electrons. The van der Waals surface area contributed by atoms with E-state index < -0.39 is 41.4 Å². The van der Waals surface area contributed by atoms with Crippen LogP contribution in [0.3, 0.4) is 0 Å². The SMILES string of the molecule is C#CCO[C@H]1C[C@H](n2cc(C(F)(F)F)c(=O)[nH]c2=O)O[C@@H]1COC(=S)OCCN(C)C. The first-order valence-electron chi connectivity index (χ1n) is 9.10. The van der Waals surface area contributed by atoms with Gasteiger partial charge >= 0.3 is 17.1 Å². The van der Waals surface area contributed by atoms with Crippen molar-refractivity contribution in [3.63, 3.8) is 0 Å². The number of hydrogen-bond acceptors (Lipinski definition) is 8. The van der Waals surface area contributed by atoms with E-state index in [1.807, 2.05) is 19.0 Å². The second-order valence-electron chi connectivity index (χ2n) is 6.84. The number of H-pyrrole nitrogens is 1. The number of rotatable bonds is 8. The fraction of sp³-hybridized carbons (Fsp3) is 0.611. The molecule has 13 heteroatoms. The molecule has 31 heavy (non-hydrogen) atoms. The molecule has 0 saturated carbocycles. The molecule has 2 heterocycles. The summed E-state index contributed by atoms with van der Waals surface area (Å²) in [5.74, 6) is 2.28. The molecule has 1 fully saturated rings. The molecule has 3 atom stereocenters. The van der Waals surface area contributed by atoms with Crippen molar-refractivity contribution in [2.24, 2.45) is 0 Å². The first-order valence-corrected chi connectivity index (χ1v) is 9.51. The van der Waals surface area contributed by atoms with Crippen LogP contribution in [-0.2, 0) is 25.1 Å². The number of halogens is 3. The number of alkyl halides is 3. The highest BCUT2D eigenvalue weighted by molar-refractivity contribution is 7.79. The number of ether oxygens (including phenoxy) is 4. The van der Waals surface area contributed by atoms with E-state index in [0.29, 0.717) is 23.9 Å². The summed E-state index contributed by atoms with van der Waals surface area (Å²) in [7, 11) is 3.71. The Morgan fingerprint density at radius 1 is 1.42 bits per heavy atom. The fourth-order valence-electron chi connectivity index (χ4n) is 2.76. The van der Waals surface area contributed by atoms with Crippen molar-refractivity contribution in [3.8, 4) is 12.3 Å². The van der Waals surface area contributed by atoms with Gasteiger partial charge in [-0.1, -0.05) is 5.92 Å². The van der Waals surface area contributed by atoms with Crippen molar-refractivity contribution in [3.05, 3.63) is 32.6 Å². The second-order valence-corrected chi connectivity index (χ2v) is 7.17. The predicted molar refractivity (Wildman–Crippen MR) is 106 cm³/mol. The first-order chi connectivity index (χ1) is 14.5. The van der Waals surface area contributed by atoms with E-state index >= 15 is 0 Å². The standard InChI is InChI=1S/C18H22F3N3O6S/c1-4-6-27-12-8-14(24-9-11(18(19,20)21)15(25)22-16(24)26)30-13(12)10-29-17(31)28-7-5-23(2)3/h1,9,12-14H,5-8,10H2,2-3H3,(H,22,25,26)/t12-,13+,14+/m0/s1. The molecule has 1 N–H and O–H groups in total. The van der Waals surface area contributed by atoms with E-state index in [1.54, 1.807) is 4.98 Å².